The highest BCUT2D eigenvalue weighted by atomic mass is 32.1. The van der Waals surface area contributed by atoms with E-state index in [-0.39, 0.29) is 6.04 Å². The molecular weight excluding hydrogens is 380 g/mol. The first-order valence-corrected chi connectivity index (χ1v) is 10.9. The van der Waals surface area contributed by atoms with Crippen LogP contribution in [0.4, 0.5) is 0 Å². The molecule has 1 aromatic heterocycles. The first-order valence-electron chi connectivity index (χ1n) is 10.0. The predicted molar refractivity (Wildman–Crippen MR) is 117 cm³/mol. The maximum absolute atomic E-state index is 12.1. The number of nitrogens with zero attached hydrogens (tertiary/aromatic N) is 2. The van der Waals surface area contributed by atoms with E-state index in [1.807, 2.05) is 30.3 Å². The Balaban J connectivity index is 1.73. The van der Waals surface area contributed by atoms with Crippen LogP contribution in [-0.2, 0) is 4.79 Å². The number of para-hydroxylation sites is 1. The van der Waals surface area contributed by atoms with Crippen LogP contribution < -0.4 is 0 Å². The molecule has 0 amide bonds. The number of benzene rings is 3. The largest absolute Gasteiger partial charge is 0.480 e. The van der Waals surface area contributed by atoms with Gasteiger partial charge in [-0.15, -0.1) is 11.3 Å². The number of fused-ring (bicyclic) bond motifs is 2. The van der Waals surface area contributed by atoms with E-state index in [4.69, 9.17) is 4.98 Å². The molecule has 0 spiro atoms. The Hall–Kier alpha value is -2.76. The van der Waals surface area contributed by atoms with Gasteiger partial charge in [-0.25, -0.2) is 4.98 Å². The Kier molecular flexibility index (Phi) is 4.78. The van der Waals surface area contributed by atoms with Crippen molar-refractivity contribution in [2.75, 3.05) is 6.54 Å². The van der Waals surface area contributed by atoms with E-state index in [2.05, 4.69) is 41.3 Å². The molecule has 1 aliphatic rings. The molecule has 0 saturated carbocycles. The Bertz CT molecular complexity index is 1150. The minimum Gasteiger partial charge on any atom is -0.480 e. The fraction of sp³-hybridized carbons (Fsp3) is 0.250. The zero-order chi connectivity index (χ0) is 19.8. The zero-order valence-corrected chi connectivity index (χ0v) is 16.8. The van der Waals surface area contributed by atoms with Crippen molar-refractivity contribution in [3.63, 3.8) is 0 Å². The minimum atomic E-state index is -0.740. The van der Waals surface area contributed by atoms with E-state index >= 15 is 0 Å². The summed E-state index contributed by atoms with van der Waals surface area (Å²) in [6.07, 6.45) is 2.65. The molecule has 4 aromatic rings. The maximum Gasteiger partial charge on any atom is 0.320 e. The monoisotopic (exact) mass is 402 g/mol. The lowest BCUT2D eigenvalue weighted by Crippen LogP contribution is -2.46. The SMILES string of the molecule is O=C(O)C1CCCCN1C(c1nc2ccccc2s1)c1cccc2ccccc12. The molecule has 5 rings (SSSR count). The fourth-order valence-corrected chi connectivity index (χ4v) is 5.59. The number of likely N-dealkylation sites (tertiary alicyclic amines) is 1. The van der Waals surface area contributed by atoms with Crippen LogP contribution in [0.5, 0.6) is 0 Å². The smallest absolute Gasteiger partial charge is 0.320 e. The van der Waals surface area contributed by atoms with Gasteiger partial charge < -0.3 is 5.11 Å². The van der Waals surface area contributed by atoms with Crippen molar-refractivity contribution in [3.05, 3.63) is 77.3 Å². The Morgan fingerprint density at radius 1 is 1.03 bits per heavy atom. The number of carboxylic acid groups (broad SMARTS) is 1. The van der Waals surface area contributed by atoms with Crippen LogP contribution in [0.2, 0.25) is 0 Å². The van der Waals surface area contributed by atoms with Gasteiger partial charge in [0.15, 0.2) is 0 Å². The minimum absolute atomic E-state index is 0.167. The molecule has 146 valence electrons. The van der Waals surface area contributed by atoms with E-state index in [9.17, 15) is 9.90 Å². The molecule has 5 heteroatoms. The molecule has 0 aliphatic carbocycles. The van der Waals surface area contributed by atoms with Gasteiger partial charge in [-0.2, -0.15) is 0 Å². The van der Waals surface area contributed by atoms with Gasteiger partial charge in [0.25, 0.3) is 0 Å². The highest BCUT2D eigenvalue weighted by Crippen LogP contribution is 2.40. The standard InChI is InChI=1S/C24H22N2O2S/c27-24(28)20-13-5-6-15-26(20)22(23-25-19-12-3-4-14-21(19)29-23)18-11-7-9-16-8-1-2-10-17(16)18/h1-4,7-12,14,20,22H,5-6,13,15H2,(H,27,28). The van der Waals surface area contributed by atoms with E-state index in [1.54, 1.807) is 11.3 Å². The molecule has 0 radical (unpaired) electrons. The van der Waals surface area contributed by atoms with Crippen LogP contribution >= 0.6 is 11.3 Å². The highest BCUT2D eigenvalue weighted by Gasteiger charge is 2.37. The van der Waals surface area contributed by atoms with Crippen LogP contribution in [-0.4, -0.2) is 33.5 Å². The lowest BCUT2D eigenvalue weighted by atomic mass is 9.93. The van der Waals surface area contributed by atoms with Gasteiger partial charge >= 0.3 is 5.97 Å². The molecule has 2 unspecified atom stereocenters. The number of aliphatic carboxylic acids is 1. The molecule has 1 saturated heterocycles. The molecular formula is C24H22N2O2S. The summed E-state index contributed by atoms with van der Waals surface area (Å²) in [7, 11) is 0. The fourth-order valence-electron chi connectivity index (χ4n) is 4.48. The molecule has 1 aliphatic heterocycles. The van der Waals surface area contributed by atoms with E-state index in [0.29, 0.717) is 6.42 Å². The van der Waals surface area contributed by atoms with E-state index in [1.165, 1.54) is 5.39 Å². The predicted octanol–water partition coefficient (Wildman–Crippen LogP) is 5.48. The zero-order valence-electron chi connectivity index (χ0n) is 16.0. The summed E-state index contributed by atoms with van der Waals surface area (Å²) in [6, 6.07) is 22.1. The number of hydrogen-bond donors (Lipinski definition) is 1. The first kappa shape index (κ1) is 18.3. The number of aromatic nitrogens is 1. The Morgan fingerprint density at radius 3 is 2.69 bits per heavy atom. The van der Waals surface area contributed by atoms with Crippen molar-refractivity contribution in [1.29, 1.82) is 0 Å². The summed E-state index contributed by atoms with van der Waals surface area (Å²) in [4.78, 5) is 19.2. The van der Waals surface area contributed by atoms with E-state index < -0.39 is 12.0 Å². The average molecular weight is 403 g/mol. The van der Waals surface area contributed by atoms with Crippen LogP contribution in [0.3, 0.4) is 0 Å². The summed E-state index contributed by atoms with van der Waals surface area (Å²) in [6.45, 7) is 0.765. The number of piperidine rings is 1. The summed E-state index contributed by atoms with van der Waals surface area (Å²) >= 11 is 1.67. The van der Waals surface area contributed by atoms with Crippen LogP contribution in [0.25, 0.3) is 21.0 Å². The lowest BCUT2D eigenvalue weighted by Gasteiger charge is -2.38. The number of carbonyl (C=O) groups is 1. The second kappa shape index (κ2) is 7.58. The van der Waals surface area contributed by atoms with E-state index in [0.717, 1.165) is 45.6 Å². The number of carboxylic acids is 1. The second-order valence-corrected chi connectivity index (χ2v) is 8.64. The second-order valence-electron chi connectivity index (χ2n) is 7.58. The lowest BCUT2D eigenvalue weighted by molar-refractivity contribution is -0.145. The molecule has 1 fully saturated rings. The van der Waals surface area contributed by atoms with Crippen molar-refractivity contribution in [3.8, 4) is 0 Å². The first-order chi connectivity index (χ1) is 14.2. The number of rotatable bonds is 4. The van der Waals surface area contributed by atoms with Crippen LogP contribution in [0.1, 0.15) is 35.9 Å². The normalized spacial score (nSPS) is 18.8. The van der Waals surface area contributed by atoms with Gasteiger partial charge in [0.2, 0.25) is 0 Å². The number of hydrogen-bond acceptors (Lipinski definition) is 4. The third kappa shape index (κ3) is 3.30. The highest BCUT2D eigenvalue weighted by molar-refractivity contribution is 7.18. The van der Waals surface area contributed by atoms with Gasteiger partial charge in [0, 0.05) is 6.54 Å². The summed E-state index contributed by atoms with van der Waals surface area (Å²) in [5, 5.41) is 13.2. The van der Waals surface area contributed by atoms with Crippen molar-refractivity contribution in [2.45, 2.75) is 31.3 Å². The van der Waals surface area contributed by atoms with Crippen molar-refractivity contribution in [1.82, 2.24) is 9.88 Å². The molecule has 1 N–H and O–H groups in total. The summed E-state index contributed by atoms with van der Waals surface area (Å²) in [5.41, 5.74) is 2.11. The summed E-state index contributed by atoms with van der Waals surface area (Å²) in [5.74, 6) is -0.740. The van der Waals surface area contributed by atoms with Crippen molar-refractivity contribution >= 4 is 38.3 Å². The van der Waals surface area contributed by atoms with Crippen LogP contribution in [0, 0.1) is 0 Å². The van der Waals surface area contributed by atoms with Gasteiger partial charge in [-0.1, -0.05) is 61.0 Å². The third-order valence-electron chi connectivity index (χ3n) is 5.82. The third-order valence-corrected chi connectivity index (χ3v) is 6.91. The molecule has 2 heterocycles. The Morgan fingerprint density at radius 2 is 1.83 bits per heavy atom. The molecule has 2 atom stereocenters. The van der Waals surface area contributed by atoms with Crippen molar-refractivity contribution < 1.29 is 9.90 Å². The average Bonchev–Trinajstić information content (AvgIpc) is 3.18. The van der Waals surface area contributed by atoms with Gasteiger partial charge in [0.1, 0.15) is 11.0 Å². The number of thiazole rings is 1. The molecule has 3 aromatic carbocycles. The van der Waals surface area contributed by atoms with Crippen molar-refractivity contribution in [2.24, 2.45) is 0 Å². The van der Waals surface area contributed by atoms with Gasteiger partial charge in [0.05, 0.1) is 16.3 Å². The van der Waals surface area contributed by atoms with Gasteiger partial charge in [-0.3, -0.25) is 9.69 Å². The van der Waals surface area contributed by atoms with Gasteiger partial charge in [-0.05, 0) is 41.3 Å². The maximum atomic E-state index is 12.1. The summed E-state index contributed by atoms with van der Waals surface area (Å²) < 4.78 is 1.14. The molecule has 0 bridgehead atoms. The van der Waals surface area contributed by atoms with Crippen LogP contribution in [0.15, 0.2) is 66.7 Å². The molecule has 29 heavy (non-hydrogen) atoms. The quantitative estimate of drug-likeness (QED) is 0.491. The Labute approximate surface area is 173 Å². The molecule has 4 nitrogen and oxygen atoms in total. The topological polar surface area (TPSA) is 53.4 Å².